The van der Waals surface area contributed by atoms with Gasteiger partial charge in [-0.3, -0.25) is 4.57 Å². The molecular formula is C43H32N4Si. The number of rotatable bonds is 5. The maximum absolute atomic E-state index is 5.38. The van der Waals surface area contributed by atoms with E-state index in [1.165, 1.54) is 21.6 Å². The molecule has 0 saturated heterocycles. The number of benzene rings is 6. The van der Waals surface area contributed by atoms with Gasteiger partial charge in [0.1, 0.15) is 13.9 Å². The van der Waals surface area contributed by atoms with Crippen LogP contribution in [0.3, 0.4) is 0 Å². The van der Waals surface area contributed by atoms with Crippen LogP contribution >= 0.6 is 0 Å². The predicted octanol–water partition coefficient (Wildman–Crippen LogP) is 9.29. The SMILES string of the molecule is C[Si]1(C)c2ccccc2-c2c(-c3ccccc3)nc(-c3cccc(-c4cccc(-c5nc6ccccc6n5-c5ccccc5)c4)c3)nc21. The molecule has 0 amide bonds. The van der Waals surface area contributed by atoms with Crippen LogP contribution in [0.4, 0.5) is 0 Å². The van der Waals surface area contributed by atoms with Crippen LogP contribution in [0.1, 0.15) is 0 Å². The Kier molecular flexibility index (Phi) is 6.56. The Morgan fingerprint density at radius 3 is 1.90 bits per heavy atom. The molecule has 6 aromatic carbocycles. The van der Waals surface area contributed by atoms with Gasteiger partial charge in [0.05, 0.1) is 16.7 Å². The maximum Gasteiger partial charge on any atom is 0.159 e. The molecule has 0 unspecified atom stereocenters. The lowest BCUT2D eigenvalue weighted by Crippen LogP contribution is -2.50. The van der Waals surface area contributed by atoms with E-state index >= 15 is 0 Å². The molecule has 0 spiro atoms. The first-order valence-electron chi connectivity index (χ1n) is 16.4. The monoisotopic (exact) mass is 632 g/mol. The number of para-hydroxylation sites is 3. The van der Waals surface area contributed by atoms with E-state index in [-0.39, 0.29) is 0 Å². The van der Waals surface area contributed by atoms with E-state index in [0.717, 1.165) is 61.9 Å². The third kappa shape index (κ3) is 4.54. The highest BCUT2D eigenvalue weighted by atomic mass is 28.3. The number of aromatic nitrogens is 4. The summed E-state index contributed by atoms with van der Waals surface area (Å²) in [5, 5.41) is 2.63. The second-order valence-corrected chi connectivity index (χ2v) is 17.2. The Morgan fingerprint density at radius 2 is 1.10 bits per heavy atom. The molecule has 0 N–H and O–H groups in total. The van der Waals surface area contributed by atoms with E-state index in [0.29, 0.717) is 0 Å². The molecule has 0 fully saturated rings. The Bertz CT molecular complexity index is 2480. The van der Waals surface area contributed by atoms with Crippen molar-refractivity contribution >= 4 is 29.6 Å². The summed E-state index contributed by atoms with van der Waals surface area (Å²) in [4.78, 5) is 15.8. The highest BCUT2D eigenvalue weighted by molar-refractivity contribution is 7.03. The largest absolute Gasteiger partial charge is 0.292 e. The highest BCUT2D eigenvalue weighted by Gasteiger charge is 2.41. The molecule has 0 atom stereocenters. The first kappa shape index (κ1) is 28.3. The Hall–Kier alpha value is -5.91. The van der Waals surface area contributed by atoms with Gasteiger partial charge in [0.2, 0.25) is 0 Å². The van der Waals surface area contributed by atoms with Crippen molar-refractivity contribution in [2.24, 2.45) is 0 Å². The lowest BCUT2D eigenvalue weighted by atomic mass is 9.99. The molecule has 5 heteroatoms. The van der Waals surface area contributed by atoms with E-state index in [1.54, 1.807) is 0 Å². The zero-order valence-corrected chi connectivity index (χ0v) is 27.8. The van der Waals surface area contributed by atoms with Crippen LogP contribution in [-0.4, -0.2) is 27.6 Å². The standard InChI is InChI=1S/C43H32N4Si/c1-48(2)38-26-12-9-23-35(38)39-40(29-15-5-3-6-16-29)45-41(46-43(39)48)32-19-13-17-30(27-32)31-18-14-20-33(28-31)42-44-36-24-10-11-25-37(36)47(42)34-21-7-4-8-22-34/h3-28H,1-2H3. The summed E-state index contributed by atoms with van der Waals surface area (Å²) >= 11 is 0. The van der Waals surface area contributed by atoms with E-state index < -0.39 is 8.07 Å². The molecule has 4 nitrogen and oxygen atoms in total. The van der Waals surface area contributed by atoms with Crippen molar-refractivity contribution in [2.75, 3.05) is 0 Å². The van der Waals surface area contributed by atoms with Crippen LogP contribution in [0.25, 0.3) is 73.0 Å². The molecule has 9 rings (SSSR count). The zero-order valence-electron chi connectivity index (χ0n) is 26.8. The number of nitrogens with zero attached hydrogens (tertiary/aromatic N) is 4. The topological polar surface area (TPSA) is 43.6 Å². The van der Waals surface area contributed by atoms with Crippen LogP contribution in [0.15, 0.2) is 158 Å². The summed E-state index contributed by atoms with van der Waals surface area (Å²) in [5.74, 6) is 1.69. The average molecular weight is 633 g/mol. The summed E-state index contributed by atoms with van der Waals surface area (Å²) in [7, 11) is -2.04. The van der Waals surface area contributed by atoms with Gasteiger partial charge in [-0.15, -0.1) is 0 Å². The zero-order chi connectivity index (χ0) is 32.2. The minimum atomic E-state index is -2.04. The molecule has 1 aliphatic rings. The third-order valence-corrected chi connectivity index (χ3v) is 12.9. The van der Waals surface area contributed by atoms with Crippen molar-refractivity contribution in [3.8, 4) is 62.0 Å². The molecular weight excluding hydrogens is 601 g/mol. The molecule has 0 aliphatic carbocycles. The van der Waals surface area contributed by atoms with Crippen LogP contribution in [0.2, 0.25) is 13.1 Å². The molecule has 1 aliphatic heterocycles. The quantitative estimate of drug-likeness (QED) is 0.178. The normalized spacial score (nSPS) is 13.0. The van der Waals surface area contributed by atoms with Crippen molar-refractivity contribution in [2.45, 2.75) is 13.1 Å². The third-order valence-electron chi connectivity index (χ3n) is 9.57. The maximum atomic E-state index is 5.38. The Labute approximate surface area is 281 Å². The van der Waals surface area contributed by atoms with Gasteiger partial charge < -0.3 is 0 Å². The lowest BCUT2D eigenvalue weighted by Gasteiger charge is -2.19. The van der Waals surface area contributed by atoms with Gasteiger partial charge in [-0.2, -0.15) is 0 Å². The highest BCUT2D eigenvalue weighted by Crippen LogP contribution is 2.37. The molecule has 0 radical (unpaired) electrons. The van der Waals surface area contributed by atoms with Crippen molar-refractivity contribution in [3.63, 3.8) is 0 Å². The Balaban J connectivity index is 1.18. The van der Waals surface area contributed by atoms with Gasteiger partial charge in [-0.1, -0.05) is 134 Å². The molecule has 8 aromatic rings. The summed E-state index contributed by atoms with van der Waals surface area (Å²) in [6.07, 6.45) is 0. The second kappa shape index (κ2) is 11.1. The van der Waals surface area contributed by atoms with Crippen LogP contribution < -0.4 is 10.5 Å². The first-order chi connectivity index (χ1) is 23.6. The van der Waals surface area contributed by atoms with Crippen LogP contribution in [0.5, 0.6) is 0 Å². The van der Waals surface area contributed by atoms with Gasteiger partial charge in [0.25, 0.3) is 0 Å². The minimum absolute atomic E-state index is 0.768. The number of fused-ring (bicyclic) bond motifs is 4. The lowest BCUT2D eigenvalue weighted by molar-refractivity contribution is 1.10. The van der Waals surface area contributed by atoms with Crippen molar-refractivity contribution < 1.29 is 0 Å². The minimum Gasteiger partial charge on any atom is -0.292 e. The van der Waals surface area contributed by atoms with E-state index in [9.17, 15) is 0 Å². The number of hydrogen-bond acceptors (Lipinski definition) is 3. The Morgan fingerprint density at radius 1 is 0.500 bits per heavy atom. The number of hydrogen-bond donors (Lipinski definition) is 0. The summed E-state index contributed by atoms with van der Waals surface area (Å²) in [6.45, 7) is 4.82. The van der Waals surface area contributed by atoms with Crippen molar-refractivity contribution in [1.82, 2.24) is 19.5 Å². The van der Waals surface area contributed by atoms with Gasteiger partial charge in [-0.25, -0.2) is 15.0 Å². The van der Waals surface area contributed by atoms with Gasteiger partial charge in [0.15, 0.2) is 5.82 Å². The van der Waals surface area contributed by atoms with Crippen molar-refractivity contribution in [1.29, 1.82) is 0 Å². The van der Waals surface area contributed by atoms with Gasteiger partial charge in [-0.05, 0) is 58.3 Å². The van der Waals surface area contributed by atoms with E-state index in [4.69, 9.17) is 15.0 Å². The molecule has 0 bridgehead atoms. The fourth-order valence-electron chi connectivity index (χ4n) is 7.21. The van der Waals surface area contributed by atoms with E-state index in [1.807, 2.05) is 12.1 Å². The second-order valence-electron chi connectivity index (χ2n) is 12.9. The van der Waals surface area contributed by atoms with Gasteiger partial charge >= 0.3 is 0 Å². The molecule has 48 heavy (non-hydrogen) atoms. The van der Waals surface area contributed by atoms with Crippen LogP contribution in [-0.2, 0) is 0 Å². The fourth-order valence-corrected chi connectivity index (χ4v) is 10.1. The van der Waals surface area contributed by atoms with Crippen molar-refractivity contribution in [3.05, 3.63) is 158 Å². The summed E-state index contributed by atoms with van der Waals surface area (Å²) in [6, 6.07) is 55.5. The predicted molar refractivity (Wildman–Crippen MR) is 201 cm³/mol. The fraction of sp³-hybridized carbons (Fsp3) is 0.0465. The van der Waals surface area contributed by atoms with Gasteiger partial charge in [0, 0.05) is 33.3 Å². The smallest absolute Gasteiger partial charge is 0.159 e. The summed E-state index contributed by atoms with van der Waals surface area (Å²) < 4.78 is 2.25. The van der Waals surface area contributed by atoms with Crippen LogP contribution in [0, 0.1) is 0 Å². The first-order valence-corrected chi connectivity index (χ1v) is 19.4. The average Bonchev–Trinajstić information content (AvgIpc) is 3.65. The molecule has 0 saturated carbocycles. The molecule has 2 aromatic heterocycles. The summed E-state index contributed by atoms with van der Waals surface area (Å²) in [5.41, 5.74) is 12.0. The van der Waals surface area contributed by atoms with E-state index in [2.05, 4.69) is 163 Å². The molecule has 3 heterocycles. The number of imidazole rings is 1. The molecule has 228 valence electrons.